The lowest BCUT2D eigenvalue weighted by atomic mass is 9.94. The first kappa shape index (κ1) is 15.7. The molecule has 0 unspecified atom stereocenters. The Kier molecular flexibility index (Phi) is 4.45. The molecule has 1 saturated carbocycles. The van der Waals surface area contributed by atoms with Gasteiger partial charge < -0.3 is 10.1 Å². The molecule has 1 aliphatic rings. The summed E-state index contributed by atoms with van der Waals surface area (Å²) in [4.78, 5) is 8.91. The van der Waals surface area contributed by atoms with Crippen LogP contribution in [0.15, 0.2) is 12.1 Å². The molecular weight excluding hydrogens is 297 g/mol. The number of hydrogen-bond acceptors (Lipinski definition) is 5. The van der Waals surface area contributed by atoms with Crippen LogP contribution in [0.1, 0.15) is 37.1 Å². The summed E-state index contributed by atoms with van der Waals surface area (Å²) < 4.78 is 20.2. The zero-order valence-electron chi connectivity index (χ0n) is 13.7. The van der Waals surface area contributed by atoms with Crippen molar-refractivity contribution in [2.75, 3.05) is 12.4 Å². The van der Waals surface area contributed by atoms with Crippen molar-refractivity contribution in [1.29, 1.82) is 0 Å². The molecule has 0 aromatic carbocycles. The molecule has 0 bridgehead atoms. The maximum absolute atomic E-state index is 13.3. The Morgan fingerprint density at radius 1 is 1.17 bits per heavy atom. The molecule has 6 nitrogen and oxygen atoms in total. The molecule has 2 aromatic heterocycles. The van der Waals surface area contributed by atoms with E-state index in [0.29, 0.717) is 30.5 Å². The van der Waals surface area contributed by atoms with Crippen molar-refractivity contribution in [3.63, 3.8) is 0 Å². The van der Waals surface area contributed by atoms with Crippen LogP contribution in [0.3, 0.4) is 0 Å². The van der Waals surface area contributed by atoms with Gasteiger partial charge in [-0.25, -0.2) is 9.07 Å². The predicted molar refractivity (Wildman–Crippen MR) is 86.0 cm³/mol. The van der Waals surface area contributed by atoms with E-state index in [2.05, 4.69) is 20.4 Å². The van der Waals surface area contributed by atoms with Crippen LogP contribution in [0.25, 0.3) is 5.95 Å². The molecule has 0 atom stereocenters. The highest BCUT2D eigenvalue weighted by atomic mass is 19.1. The normalized spacial score (nSPS) is 21.2. The van der Waals surface area contributed by atoms with Gasteiger partial charge in [0.15, 0.2) is 0 Å². The Labute approximate surface area is 135 Å². The number of ether oxygens (including phenoxy) is 1. The first-order chi connectivity index (χ1) is 11.0. The third-order valence-electron chi connectivity index (χ3n) is 4.11. The van der Waals surface area contributed by atoms with E-state index in [0.717, 1.165) is 24.2 Å². The molecule has 0 saturated heterocycles. The van der Waals surface area contributed by atoms with E-state index < -0.39 is 6.17 Å². The van der Waals surface area contributed by atoms with Crippen molar-refractivity contribution >= 4 is 5.82 Å². The fourth-order valence-electron chi connectivity index (χ4n) is 2.92. The van der Waals surface area contributed by atoms with Crippen LogP contribution >= 0.6 is 0 Å². The number of hydrogen-bond donors (Lipinski definition) is 1. The minimum atomic E-state index is -0.668. The van der Waals surface area contributed by atoms with Gasteiger partial charge in [0.1, 0.15) is 12.0 Å². The molecule has 0 spiro atoms. The quantitative estimate of drug-likeness (QED) is 0.938. The number of methoxy groups -OCH3 is 1. The van der Waals surface area contributed by atoms with Crippen molar-refractivity contribution in [1.82, 2.24) is 19.7 Å². The van der Waals surface area contributed by atoms with E-state index in [9.17, 15) is 4.39 Å². The first-order valence-corrected chi connectivity index (χ1v) is 7.92. The number of aromatic nitrogens is 4. The Balaban J connectivity index is 1.86. The number of alkyl halides is 1. The summed E-state index contributed by atoms with van der Waals surface area (Å²) in [5.74, 6) is 1.63. The summed E-state index contributed by atoms with van der Waals surface area (Å²) in [6.07, 6.45) is 2.15. The number of aryl methyl sites for hydroxylation is 2. The van der Waals surface area contributed by atoms with E-state index in [4.69, 9.17) is 4.74 Å². The number of nitrogens with one attached hydrogen (secondary N) is 1. The van der Waals surface area contributed by atoms with Crippen molar-refractivity contribution < 1.29 is 9.13 Å². The molecular formula is C16H22FN5O. The number of rotatable bonds is 4. The van der Waals surface area contributed by atoms with Crippen LogP contribution < -0.4 is 10.1 Å². The molecule has 0 radical (unpaired) electrons. The standard InChI is InChI=1S/C16H22FN5O/c1-10-8-11(2)22(21-10)16-19-14(9-15(20-16)23-3)18-13-6-4-12(17)5-7-13/h8-9,12-13H,4-7H2,1-3H3,(H,18,19,20). The van der Waals surface area contributed by atoms with Crippen LogP contribution in [0.4, 0.5) is 10.2 Å². The fraction of sp³-hybridized carbons (Fsp3) is 0.562. The predicted octanol–water partition coefficient (Wildman–Crippen LogP) is 2.98. The van der Waals surface area contributed by atoms with Gasteiger partial charge in [0.25, 0.3) is 5.95 Å². The zero-order valence-corrected chi connectivity index (χ0v) is 13.7. The van der Waals surface area contributed by atoms with E-state index in [-0.39, 0.29) is 6.04 Å². The lowest BCUT2D eigenvalue weighted by Gasteiger charge is -2.25. The number of anilines is 1. The largest absolute Gasteiger partial charge is 0.481 e. The smallest absolute Gasteiger partial charge is 0.256 e. The summed E-state index contributed by atoms with van der Waals surface area (Å²) >= 11 is 0. The van der Waals surface area contributed by atoms with Crippen LogP contribution in [-0.2, 0) is 0 Å². The van der Waals surface area contributed by atoms with Crippen molar-refractivity contribution in [3.8, 4) is 11.8 Å². The average Bonchev–Trinajstić information content (AvgIpc) is 2.88. The summed E-state index contributed by atoms with van der Waals surface area (Å²) in [6, 6.07) is 3.96. The van der Waals surface area contributed by atoms with Gasteiger partial charge >= 0.3 is 0 Å². The zero-order chi connectivity index (χ0) is 16.4. The summed E-state index contributed by atoms with van der Waals surface area (Å²) in [5, 5.41) is 7.79. The molecule has 2 heterocycles. The third kappa shape index (κ3) is 3.60. The van der Waals surface area contributed by atoms with Gasteiger partial charge in [-0.3, -0.25) is 0 Å². The minimum Gasteiger partial charge on any atom is -0.481 e. The van der Waals surface area contributed by atoms with Gasteiger partial charge in [0, 0.05) is 17.8 Å². The highest BCUT2D eigenvalue weighted by molar-refractivity contribution is 5.42. The SMILES string of the molecule is COc1cc(NC2CCC(F)CC2)nc(-n2nc(C)cc2C)n1. The van der Waals surface area contributed by atoms with Gasteiger partial charge in [-0.15, -0.1) is 0 Å². The molecule has 0 aliphatic heterocycles. The van der Waals surface area contributed by atoms with Gasteiger partial charge in [0.2, 0.25) is 5.88 Å². The van der Waals surface area contributed by atoms with Crippen LogP contribution in [0.5, 0.6) is 5.88 Å². The maximum Gasteiger partial charge on any atom is 0.256 e. The van der Waals surface area contributed by atoms with Crippen molar-refractivity contribution in [2.24, 2.45) is 0 Å². The fourth-order valence-corrected chi connectivity index (χ4v) is 2.92. The van der Waals surface area contributed by atoms with Crippen molar-refractivity contribution in [3.05, 3.63) is 23.5 Å². The summed E-state index contributed by atoms with van der Waals surface area (Å²) in [6.45, 7) is 3.89. The highest BCUT2D eigenvalue weighted by Crippen LogP contribution is 2.25. The summed E-state index contributed by atoms with van der Waals surface area (Å²) in [7, 11) is 1.57. The molecule has 7 heteroatoms. The third-order valence-corrected chi connectivity index (χ3v) is 4.11. The monoisotopic (exact) mass is 319 g/mol. The van der Waals surface area contributed by atoms with Gasteiger partial charge in [-0.1, -0.05) is 0 Å². The van der Waals surface area contributed by atoms with E-state index >= 15 is 0 Å². The highest BCUT2D eigenvalue weighted by Gasteiger charge is 2.21. The maximum atomic E-state index is 13.3. The van der Waals surface area contributed by atoms with Gasteiger partial charge in [-0.2, -0.15) is 15.1 Å². The second kappa shape index (κ2) is 6.52. The Morgan fingerprint density at radius 3 is 2.52 bits per heavy atom. The number of nitrogens with zero attached hydrogens (tertiary/aromatic N) is 4. The molecule has 0 amide bonds. The lowest BCUT2D eigenvalue weighted by Crippen LogP contribution is -2.27. The van der Waals surface area contributed by atoms with E-state index in [1.807, 2.05) is 19.9 Å². The molecule has 3 rings (SSSR count). The average molecular weight is 319 g/mol. The van der Waals surface area contributed by atoms with Crippen LogP contribution in [-0.4, -0.2) is 39.1 Å². The second-order valence-electron chi connectivity index (χ2n) is 6.03. The molecule has 2 aromatic rings. The molecule has 1 fully saturated rings. The van der Waals surface area contributed by atoms with Crippen molar-refractivity contribution in [2.45, 2.75) is 51.7 Å². The Morgan fingerprint density at radius 2 is 1.91 bits per heavy atom. The molecule has 1 N–H and O–H groups in total. The second-order valence-corrected chi connectivity index (χ2v) is 6.03. The summed E-state index contributed by atoms with van der Waals surface area (Å²) in [5.41, 5.74) is 1.87. The first-order valence-electron chi connectivity index (χ1n) is 7.92. The topological polar surface area (TPSA) is 64.9 Å². The Hall–Kier alpha value is -2.18. The molecule has 124 valence electrons. The minimum absolute atomic E-state index is 0.231. The van der Waals surface area contributed by atoms with Gasteiger partial charge in [0.05, 0.1) is 12.8 Å². The Bertz CT molecular complexity index is 679. The van der Waals surface area contributed by atoms with E-state index in [1.54, 1.807) is 17.9 Å². The van der Waals surface area contributed by atoms with Crippen LogP contribution in [0.2, 0.25) is 0 Å². The van der Waals surface area contributed by atoms with Crippen LogP contribution in [0, 0.1) is 13.8 Å². The lowest BCUT2D eigenvalue weighted by molar-refractivity contribution is 0.241. The van der Waals surface area contributed by atoms with Gasteiger partial charge in [-0.05, 0) is 45.6 Å². The van der Waals surface area contributed by atoms with E-state index in [1.165, 1.54) is 0 Å². The number of halogens is 1. The molecule has 1 aliphatic carbocycles. The molecule has 23 heavy (non-hydrogen) atoms.